The van der Waals surface area contributed by atoms with E-state index in [1.165, 1.54) is 33.3 Å². The molecule has 0 fully saturated rings. The summed E-state index contributed by atoms with van der Waals surface area (Å²) >= 11 is 0. The number of aromatic hydroxyl groups is 1. The van der Waals surface area contributed by atoms with Gasteiger partial charge in [-0.1, -0.05) is 6.07 Å². The summed E-state index contributed by atoms with van der Waals surface area (Å²) in [4.78, 5) is 23.5. The van der Waals surface area contributed by atoms with E-state index < -0.39 is 28.9 Å². The zero-order valence-corrected chi connectivity index (χ0v) is 13.5. The van der Waals surface area contributed by atoms with Gasteiger partial charge in [0.1, 0.15) is 17.3 Å². The number of benzene rings is 1. The lowest BCUT2D eigenvalue weighted by Gasteiger charge is -2.18. The normalized spacial score (nSPS) is 11.8. The molecule has 0 aliphatic carbocycles. The van der Waals surface area contributed by atoms with Crippen LogP contribution in [0.25, 0.3) is 0 Å². The van der Waals surface area contributed by atoms with E-state index in [2.05, 4.69) is 4.74 Å². The van der Waals surface area contributed by atoms with Crippen molar-refractivity contribution >= 4 is 5.97 Å². The molecule has 1 aromatic heterocycles. The molecule has 24 heavy (non-hydrogen) atoms. The molecule has 0 amide bonds. The number of carbonyl (C=O) groups is 1. The van der Waals surface area contributed by atoms with Gasteiger partial charge in [-0.05, 0) is 18.6 Å². The third-order valence-electron chi connectivity index (χ3n) is 3.57. The van der Waals surface area contributed by atoms with Crippen LogP contribution in [0, 0.1) is 12.7 Å². The van der Waals surface area contributed by atoms with Crippen LogP contribution >= 0.6 is 0 Å². The van der Waals surface area contributed by atoms with Crippen molar-refractivity contribution in [2.24, 2.45) is 0 Å². The van der Waals surface area contributed by atoms with Crippen molar-refractivity contribution in [3.05, 3.63) is 57.4 Å². The molecule has 7 heteroatoms. The highest BCUT2D eigenvalue weighted by Gasteiger charge is 2.28. The molecule has 0 unspecified atom stereocenters. The molecule has 0 saturated heterocycles. The van der Waals surface area contributed by atoms with Crippen LogP contribution in [0.3, 0.4) is 0 Å². The first-order valence-electron chi connectivity index (χ1n) is 7.11. The summed E-state index contributed by atoms with van der Waals surface area (Å²) in [5, 5.41) is 10.0. The van der Waals surface area contributed by atoms with Crippen LogP contribution in [0.1, 0.15) is 29.4 Å². The van der Waals surface area contributed by atoms with Gasteiger partial charge in [-0.25, -0.2) is 4.39 Å². The van der Waals surface area contributed by atoms with Crippen LogP contribution in [-0.2, 0) is 9.53 Å². The van der Waals surface area contributed by atoms with Crippen molar-refractivity contribution in [2.45, 2.75) is 19.3 Å². The first-order chi connectivity index (χ1) is 11.4. The van der Waals surface area contributed by atoms with Crippen LogP contribution in [0.4, 0.5) is 4.39 Å². The number of halogens is 1. The van der Waals surface area contributed by atoms with Crippen molar-refractivity contribution in [1.29, 1.82) is 0 Å². The fourth-order valence-corrected chi connectivity index (χ4v) is 2.37. The maximum absolute atomic E-state index is 14.4. The Morgan fingerprint density at radius 1 is 1.33 bits per heavy atom. The molecule has 0 aliphatic heterocycles. The van der Waals surface area contributed by atoms with E-state index in [4.69, 9.17) is 9.15 Å². The summed E-state index contributed by atoms with van der Waals surface area (Å²) in [6.07, 6.45) is -0.306. The Labute approximate surface area is 137 Å². The Morgan fingerprint density at radius 2 is 2.04 bits per heavy atom. The van der Waals surface area contributed by atoms with E-state index in [0.717, 1.165) is 12.1 Å². The zero-order chi connectivity index (χ0) is 17.9. The van der Waals surface area contributed by atoms with E-state index in [1.807, 2.05) is 0 Å². The average Bonchev–Trinajstić information content (AvgIpc) is 2.56. The molecule has 1 aromatic carbocycles. The van der Waals surface area contributed by atoms with Gasteiger partial charge in [0.25, 0.3) is 0 Å². The lowest BCUT2D eigenvalue weighted by atomic mass is 9.91. The molecular formula is C17H17FO6. The minimum atomic E-state index is -1.02. The van der Waals surface area contributed by atoms with Gasteiger partial charge in [0.05, 0.1) is 26.6 Å². The maximum Gasteiger partial charge on any atom is 0.306 e. The predicted octanol–water partition coefficient (Wildman–Crippen LogP) is 2.50. The molecule has 2 rings (SSSR count). The molecule has 128 valence electrons. The van der Waals surface area contributed by atoms with Gasteiger partial charge >= 0.3 is 5.97 Å². The summed E-state index contributed by atoms with van der Waals surface area (Å²) in [5.41, 5.74) is -0.595. The standard InChI is InChI=1S/C17H17FO6/c1-9-6-14(19)16(21)17(24-9)12(8-15(20)23-3)11-5-4-10(22-2)7-13(11)18/h4-7,12,21H,8H2,1-3H3/t12-/m1/s1. The van der Waals surface area contributed by atoms with Gasteiger partial charge in [0.15, 0.2) is 5.76 Å². The van der Waals surface area contributed by atoms with E-state index in [-0.39, 0.29) is 23.5 Å². The molecular weight excluding hydrogens is 319 g/mol. The smallest absolute Gasteiger partial charge is 0.306 e. The van der Waals surface area contributed by atoms with Crippen molar-refractivity contribution < 1.29 is 28.2 Å². The van der Waals surface area contributed by atoms with Gasteiger partial charge < -0.3 is 19.0 Å². The van der Waals surface area contributed by atoms with Crippen LogP contribution in [0.2, 0.25) is 0 Å². The fourth-order valence-electron chi connectivity index (χ4n) is 2.37. The molecule has 0 aliphatic rings. The van der Waals surface area contributed by atoms with Crippen molar-refractivity contribution in [1.82, 2.24) is 0 Å². The second-order valence-corrected chi connectivity index (χ2v) is 5.15. The number of methoxy groups -OCH3 is 2. The van der Waals surface area contributed by atoms with Crippen LogP contribution in [0.5, 0.6) is 11.5 Å². The quantitative estimate of drug-likeness (QED) is 0.844. The maximum atomic E-state index is 14.4. The van der Waals surface area contributed by atoms with Crippen molar-refractivity contribution in [2.75, 3.05) is 14.2 Å². The summed E-state index contributed by atoms with van der Waals surface area (Å²) in [6, 6.07) is 5.17. The van der Waals surface area contributed by atoms with Gasteiger partial charge in [0.2, 0.25) is 11.2 Å². The lowest BCUT2D eigenvalue weighted by Crippen LogP contribution is -2.14. The SMILES string of the molecule is COC(=O)C[C@H](c1ccc(OC)cc1F)c1oc(C)cc(=O)c1O. The van der Waals surface area contributed by atoms with Gasteiger partial charge in [-0.3, -0.25) is 9.59 Å². The third kappa shape index (κ3) is 3.56. The summed E-state index contributed by atoms with van der Waals surface area (Å²) < 4.78 is 29.4. The van der Waals surface area contributed by atoms with E-state index in [1.54, 1.807) is 0 Å². The largest absolute Gasteiger partial charge is 0.502 e. The molecule has 2 aromatic rings. The molecule has 6 nitrogen and oxygen atoms in total. The lowest BCUT2D eigenvalue weighted by molar-refractivity contribution is -0.140. The molecule has 1 N–H and O–H groups in total. The highest BCUT2D eigenvalue weighted by molar-refractivity contribution is 5.71. The Morgan fingerprint density at radius 3 is 2.62 bits per heavy atom. The second-order valence-electron chi connectivity index (χ2n) is 5.15. The topological polar surface area (TPSA) is 86.0 Å². The highest BCUT2D eigenvalue weighted by atomic mass is 19.1. The molecule has 0 radical (unpaired) electrons. The van der Waals surface area contributed by atoms with Crippen LogP contribution < -0.4 is 10.2 Å². The van der Waals surface area contributed by atoms with Crippen LogP contribution in [-0.4, -0.2) is 25.3 Å². The Kier molecular flexibility index (Phi) is 5.23. The number of aryl methyl sites for hydroxylation is 1. The predicted molar refractivity (Wildman–Crippen MR) is 82.8 cm³/mol. The second kappa shape index (κ2) is 7.16. The number of carbonyl (C=O) groups excluding carboxylic acids is 1. The van der Waals surface area contributed by atoms with E-state index in [0.29, 0.717) is 5.75 Å². The van der Waals surface area contributed by atoms with Gasteiger partial charge in [-0.15, -0.1) is 0 Å². The van der Waals surface area contributed by atoms with Crippen LogP contribution in [0.15, 0.2) is 33.5 Å². The number of ether oxygens (including phenoxy) is 2. The minimum Gasteiger partial charge on any atom is -0.502 e. The Balaban J connectivity index is 2.62. The fraction of sp³-hybridized carbons (Fsp3) is 0.294. The Bertz CT molecular complexity index is 811. The molecule has 0 spiro atoms. The monoisotopic (exact) mass is 336 g/mol. The third-order valence-corrected chi connectivity index (χ3v) is 3.57. The zero-order valence-electron chi connectivity index (χ0n) is 13.5. The Hall–Kier alpha value is -2.83. The molecule has 1 atom stereocenters. The minimum absolute atomic E-state index is 0.0743. The number of hydrogen-bond donors (Lipinski definition) is 1. The molecule has 0 saturated carbocycles. The summed E-state index contributed by atoms with van der Waals surface area (Å²) in [7, 11) is 2.59. The summed E-state index contributed by atoms with van der Waals surface area (Å²) in [5.74, 6) is -2.64. The number of esters is 1. The average molecular weight is 336 g/mol. The van der Waals surface area contributed by atoms with Crippen molar-refractivity contribution in [3.8, 4) is 11.5 Å². The number of rotatable bonds is 5. The first kappa shape index (κ1) is 17.5. The first-order valence-corrected chi connectivity index (χ1v) is 7.11. The molecule has 1 heterocycles. The van der Waals surface area contributed by atoms with Gasteiger partial charge in [-0.2, -0.15) is 0 Å². The summed E-state index contributed by atoms with van der Waals surface area (Å²) in [6.45, 7) is 1.52. The van der Waals surface area contributed by atoms with Gasteiger partial charge in [0, 0.05) is 12.1 Å². The number of hydrogen-bond acceptors (Lipinski definition) is 6. The van der Waals surface area contributed by atoms with Crippen molar-refractivity contribution in [3.63, 3.8) is 0 Å². The van der Waals surface area contributed by atoms with E-state index >= 15 is 0 Å². The van der Waals surface area contributed by atoms with E-state index in [9.17, 15) is 19.1 Å². The molecule has 0 bridgehead atoms. The highest BCUT2D eigenvalue weighted by Crippen LogP contribution is 2.35.